The molecule has 9 heteroatoms. The molecule has 3 atom stereocenters. The van der Waals surface area contributed by atoms with Gasteiger partial charge in [0.05, 0.1) is 19.0 Å². The number of nitrogens with zero attached hydrogens (tertiary/aromatic N) is 3. The molecule has 0 radical (unpaired) electrons. The minimum atomic E-state index is -1.21. The van der Waals surface area contributed by atoms with Crippen LogP contribution >= 0.6 is 0 Å². The quantitative estimate of drug-likeness (QED) is 0.538. The molecule has 0 aliphatic carbocycles. The highest BCUT2D eigenvalue weighted by Crippen LogP contribution is 2.38. The molecule has 0 amide bonds. The molecule has 9 nitrogen and oxygen atoms in total. The van der Waals surface area contributed by atoms with E-state index in [4.69, 9.17) is 15.6 Å². The first-order valence-electron chi connectivity index (χ1n) is 6.13. The van der Waals surface area contributed by atoms with E-state index in [1.807, 2.05) is 0 Å². The lowest BCUT2D eigenvalue weighted by Crippen LogP contribution is -2.32. The van der Waals surface area contributed by atoms with Crippen molar-refractivity contribution in [3.8, 4) is 0 Å². The Bertz CT molecular complexity index is 706. The Morgan fingerprint density at radius 3 is 3.10 bits per heavy atom. The van der Waals surface area contributed by atoms with Gasteiger partial charge < -0.3 is 20.7 Å². The van der Waals surface area contributed by atoms with E-state index >= 15 is 0 Å². The molecule has 2 aromatic rings. The maximum atomic E-state index is 11.7. The van der Waals surface area contributed by atoms with Crippen LogP contribution in [0.3, 0.4) is 0 Å². The number of fused-ring (bicyclic) bond motifs is 1. The van der Waals surface area contributed by atoms with E-state index in [1.165, 1.54) is 10.9 Å². The van der Waals surface area contributed by atoms with E-state index < -0.39 is 23.5 Å². The predicted octanol–water partition coefficient (Wildman–Crippen LogP) is -1.27. The van der Waals surface area contributed by atoms with Gasteiger partial charge in [0.15, 0.2) is 17.4 Å². The first-order valence-corrected chi connectivity index (χ1v) is 6.13. The molecule has 1 aliphatic heterocycles. The van der Waals surface area contributed by atoms with Crippen molar-refractivity contribution in [2.75, 3.05) is 12.3 Å². The number of aliphatic hydroxyl groups excluding tert-OH is 1. The average molecular weight is 281 g/mol. The van der Waals surface area contributed by atoms with Crippen LogP contribution < -0.4 is 11.3 Å². The number of ether oxygens (including phenoxy) is 1. The van der Waals surface area contributed by atoms with Crippen molar-refractivity contribution in [1.29, 1.82) is 0 Å². The Morgan fingerprint density at radius 2 is 2.45 bits per heavy atom. The molecule has 1 saturated heterocycles. The Labute approximate surface area is 113 Å². The molecule has 0 bridgehead atoms. The molecule has 0 aromatic carbocycles. The number of hydrogen-bond donors (Lipinski definition) is 4. The number of aliphatic hydroxyl groups is 2. The van der Waals surface area contributed by atoms with Crippen LogP contribution in [0.1, 0.15) is 19.6 Å². The highest BCUT2D eigenvalue weighted by molar-refractivity contribution is 5.70. The van der Waals surface area contributed by atoms with Crippen LogP contribution in [0.25, 0.3) is 11.2 Å². The summed E-state index contributed by atoms with van der Waals surface area (Å²) in [5.41, 5.74) is 4.21. The van der Waals surface area contributed by atoms with Crippen LogP contribution in [0.15, 0.2) is 11.1 Å². The van der Waals surface area contributed by atoms with Gasteiger partial charge >= 0.3 is 0 Å². The third kappa shape index (κ3) is 1.87. The lowest BCUT2D eigenvalue weighted by molar-refractivity contribution is -0.0854. The molecular formula is C11H15N5O4. The molecule has 3 rings (SSSR count). The fraction of sp³-hybridized carbons (Fsp3) is 0.545. The van der Waals surface area contributed by atoms with Crippen molar-refractivity contribution in [3.63, 3.8) is 0 Å². The Hall–Kier alpha value is -1.97. The summed E-state index contributed by atoms with van der Waals surface area (Å²) in [6.45, 7) is 1.39. The molecule has 5 N–H and O–H groups in total. The molecule has 0 unspecified atom stereocenters. The van der Waals surface area contributed by atoms with Gasteiger partial charge in [-0.05, 0) is 6.92 Å². The number of nitrogens with two attached hydrogens (primary N) is 1. The summed E-state index contributed by atoms with van der Waals surface area (Å²) in [5.74, 6) is -0.0411. The smallest absolute Gasteiger partial charge is 0.280 e. The van der Waals surface area contributed by atoms with Crippen LogP contribution in [0.4, 0.5) is 5.95 Å². The summed E-state index contributed by atoms with van der Waals surface area (Å²) < 4.78 is 7.04. The Balaban J connectivity index is 2.13. The minimum absolute atomic E-state index is 0.0411. The zero-order chi connectivity index (χ0) is 14.5. The molecule has 20 heavy (non-hydrogen) atoms. The average Bonchev–Trinajstić information content (AvgIpc) is 2.89. The van der Waals surface area contributed by atoms with Gasteiger partial charge in [-0.3, -0.25) is 14.3 Å². The lowest BCUT2D eigenvalue weighted by atomic mass is 10.0. The highest BCUT2D eigenvalue weighted by atomic mass is 16.5. The number of aromatic amines is 1. The van der Waals surface area contributed by atoms with Gasteiger partial charge in [0.2, 0.25) is 5.95 Å². The van der Waals surface area contributed by atoms with Crippen molar-refractivity contribution in [2.24, 2.45) is 0 Å². The van der Waals surface area contributed by atoms with E-state index in [1.54, 1.807) is 6.92 Å². The van der Waals surface area contributed by atoms with Gasteiger partial charge in [-0.15, -0.1) is 0 Å². The number of hydrogen-bond acceptors (Lipinski definition) is 7. The van der Waals surface area contributed by atoms with Gasteiger partial charge in [0, 0.05) is 6.42 Å². The first-order chi connectivity index (χ1) is 9.42. The third-order valence-corrected chi connectivity index (χ3v) is 3.40. The molecule has 2 aromatic heterocycles. The number of rotatable bonds is 2. The van der Waals surface area contributed by atoms with E-state index in [0.29, 0.717) is 0 Å². The number of anilines is 1. The van der Waals surface area contributed by atoms with Crippen molar-refractivity contribution in [3.05, 3.63) is 16.7 Å². The summed E-state index contributed by atoms with van der Waals surface area (Å²) in [6, 6.07) is 0. The van der Waals surface area contributed by atoms with Crippen LogP contribution in [0.5, 0.6) is 0 Å². The second-order valence-electron chi connectivity index (χ2n) is 5.13. The Kier molecular flexibility index (Phi) is 2.78. The standard InChI is InChI=1S/C11H15N5O4/c1-11(19)2-5(3-17)20-9(11)16-4-13-6-7(16)14-10(12)15-8(6)18/h4-5,9,17,19H,2-3H2,1H3,(H3,12,14,15,18)/t5-,9+,11+/m0/s1. The van der Waals surface area contributed by atoms with Crippen LogP contribution in [0.2, 0.25) is 0 Å². The SMILES string of the molecule is C[C@@]1(O)C[C@@H](CO)O[C@H]1n1cnc2c(=O)[nH]c(N)nc21. The second-order valence-corrected chi connectivity index (χ2v) is 5.13. The number of nitrogens with one attached hydrogen (secondary N) is 1. The largest absolute Gasteiger partial charge is 0.394 e. The summed E-state index contributed by atoms with van der Waals surface area (Å²) in [4.78, 5) is 22.1. The number of imidazole rings is 1. The van der Waals surface area contributed by atoms with Gasteiger partial charge in [-0.2, -0.15) is 4.98 Å². The second kappa shape index (κ2) is 4.27. The fourth-order valence-electron chi connectivity index (χ4n) is 2.53. The van der Waals surface area contributed by atoms with Crippen LogP contribution in [-0.2, 0) is 4.74 Å². The van der Waals surface area contributed by atoms with Gasteiger partial charge in [0.25, 0.3) is 5.56 Å². The van der Waals surface area contributed by atoms with Crippen molar-refractivity contribution >= 4 is 17.1 Å². The monoisotopic (exact) mass is 281 g/mol. The number of nitrogen functional groups attached to an aromatic ring is 1. The van der Waals surface area contributed by atoms with Crippen LogP contribution in [-0.4, -0.2) is 48.0 Å². The van der Waals surface area contributed by atoms with Crippen LogP contribution in [0, 0.1) is 0 Å². The minimum Gasteiger partial charge on any atom is -0.394 e. The maximum absolute atomic E-state index is 11.7. The van der Waals surface area contributed by atoms with Gasteiger partial charge in [-0.1, -0.05) is 0 Å². The van der Waals surface area contributed by atoms with Crippen molar-refractivity contribution < 1.29 is 14.9 Å². The summed E-state index contributed by atoms with van der Waals surface area (Å²) >= 11 is 0. The normalized spacial score (nSPS) is 30.1. The topological polar surface area (TPSA) is 139 Å². The summed E-state index contributed by atoms with van der Waals surface area (Å²) in [5, 5.41) is 19.6. The first kappa shape index (κ1) is 13.0. The molecule has 0 spiro atoms. The zero-order valence-corrected chi connectivity index (χ0v) is 10.8. The molecule has 1 fully saturated rings. The highest BCUT2D eigenvalue weighted by Gasteiger charge is 2.45. The van der Waals surface area contributed by atoms with Crippen molar-refractivity contribution in [2.45, 2.75) is 31.3 Å². The third-order valence-electron chi connectivity index (χ3n) is 3.40. The Morgan fingerprint density at radius 1 is 1.70 bits per heavy atom. The van der Waals surface area contributed by atoms with E-state index in [2.05, 4.69) is 15.0 Å². The van der Waals surface area contributed by atoms with E-state index in [0.717, 1.165) is 0 Å². The predicted molar refractivity (Wildman–Crippen MR) is 68.8 cm³/mol. The molecule has 108 valence electrons. The van der Waals surface area contributed by atoms with Gasteiger partial charge in [0.1, 0.15) is 5.60 Å². The maximum Gasteiger partial charge on any atom is 0.280 e. The van der Waals surface area contributed by atoms with Crippen molar-refractivity contribution in [1.82, 2.24) is 19.5 Å². The van der Waals surface area contributed by atoms with E-state index in [9.17, 15) is 9.90 Å². The van der Waals surface area contributed by atoms with Gasteiger partial charge in [-0.25, -0.2) is 4.98 Å². The lowest BCUT2D eigenvalue weighted by Gasteiger charge is -2.24. The fourth-order valence-corrected chi connectivity index (χ4v) is 2.53. The molecule has 3 heterocycles. The number of aromatic nitrogens is 4. The molecule has 0 saturated carbocycles. The molecular weight excluding hydrogens is 266 g/mol. The zero-order valence-electron chi connectivity index (χ0n) is 10.8. The molecule has 1 aliphatic rings. The summed E-state index contributed by atoms with van der Waals surface area (Å²) in [7, 11) is 0. The number of H-pyrrole nitrogens is 1. The van der Waals surface area contributed by atoms with E-state index in [-0.39, 0.29) is 30.1 Å². The summed E-state index contributed by atoms with van der Waals surface area (Å²) in [6.07, 6.45) is 0.364.